The van der Waals surface area contributed by atoms with Gasteiger partial charge < -0.3 is 18.0 Å². The maximum atomic E-state index is 15.7. The van der Waals surface area contributed by atoms with Gasteiger partial charge in [0.1, 0.15) is 22.3 Å². The van der Waals surface area contributed by atoms with Crippen LogP contribution in [-0.4, -0.2) is 9.13 Å². The summed E-state index contributed by atoms with van der Waals surface area (Å²) in [6, 6.07) is 50.7. The fourth-order valence-corrected chi connectivity index (χ4v) is 9.20. The first-order valence-electron chi connectivity index (χ1n) is 18.8. The Morgan fingerprint density at radius 1 is 0.466 bits per heavy atom. The molecule has 0 saturated carbocycles. The van der Waals surface area contributed by atoms with Gasteiger partial charge in [-0.15, -0.1) is 0 Å². The molecular weight excluding hydrogens is 732 g/mol. The van der Waals surface area contributed by atoms with Crippen LogP contribution in [0.5, 0.6) is 0 Å². The smallest absolute Gasteiger partial charge is 0.416 e. The standard InChI is InChI=1S/C50H26F3N3O2/c51-50(52,53)30-25-39(55-37-16-5-1-12-31(37)33-20-22-43-46(48(33)55)35-14-3-7-18-41(35)57-43)45(29-11-9-10-28(24-29)27-54)40(26-30)56-38-17-6-2-13-32(38)34-21-23-44-47(49(34)56)36-15-4-8-19-42(36)58-44/h1-26H. The topological polar surface area (TPSA) is 59.9 Å². The lowest BCUT2D eigenvalue weighted by molar-refractivity contribution is -0.137. The van der Waals surface area contributed by atoms with Gasteiger partial charge in [0.2, 0.25) is 0 Å². The number of para-hydroxylation sites is 4. The Kier molecular flexibility index (Phi) is 6.52. The van der Waals surface area contributed by atoms with Gasteiger partial charge in [-0.3, -0.25) is 0 Å². The summed E-state index contributed by atoms with van der Waals surface area (Å²) >= 11 is 0. The molecular formula is C50H26F3N3O2. The Morgan fingerprint density at radius 3 is 1.45 bits per heavy atom. The number of hydrogen-bond acceptors (Lipinski definition) is 3. The first-order valence-corrected chi connectivity index (χ1v) is 18.8. The summed E-state index contributed by atoms with van der Waals surface area (Å²) in [4.78, 5) is 0. The molecule has 0 spiro atoms. The van der Waals surface area contributed by atoms with Gasteiger partial charge in [0.25, 0.3) is 0 Å². The molecule has 12 rings (SSSR count). The van der Waals surface area contributed by atoms with Crippen LogP contribution in [0.4, 0.5) is 13.2 Å². The number of fused-ring (bicyclic) bond motifs is 14. The SMILES string of the molecule is N#Cc1cccc(-c2c(-n3c4ccccc4c4ccc5oc6ccccc6c5c43)cc(C(F)(F)F)cc2-n2c3ccccc3c3ccc4oc5ccccc5c4c32)c1. The second-order valence-electron chi connectivity index (χ2n) is 14.7. The summed E-state index contributed by atoms with van der Waals surface area (Å²) in [6.07, 6.45) is -4.73. The van der Waals surface area contributed by atoms with Crippen LogP contribution in [0.2, 0.25) is 0 Å². The van der Waals surface area contributed by atoms with Crippen molar-refractivity contribution in [2.45, 2.75) is 6.18 Å². The normalized spacial score (nSPS) is 12.4. The number of nitriles is 1. The molecule has 0 N–H and O–H groups in total. The van der Waals surface area contributed by atoms with Crippen molar-refractivity contribution in [1.82, 2.24) is 9.13 Å². The lowest BCUT2D eigenvalue weighted by atomic mass is 9.96. The largest absolute Gasteiger partial charge is 0.456 e. The molecule has 0 aliphatic rings. The van der Waals surface area contributed by atoms with Crippen molar-refractivity contribution >= 4 is 87.5 Å². The van der Waals surface area contributed by atoms with Crippen molar-refractivity contribution < 1.29 is 22.0 Å². The predicted molar refractivity (Wildman–Crippen MR) is 225 cm³/mol. The van der Waals surface area contributed by atoms with Crippen LogP contribution < -0.4 is 0 Å². The van der Waals surface area contributed by atoms with E-state index in [-0.39, 0.29) is 0 Å². The number of benzene rings is 8. The number of hydrogen-bond donors (Lipinski definition) is 0. The van der Waals surface area contributed by atoms with E-state index in [4.69, 9.17) is 8.83 Å². The van der Waals surface area contributed by atoms with E-state index in [1.807, 2.05) is 137 Å². The summed E-state index contributed by atoms with van der Waals surface area (Å²) in [7, 11) is 0. The average molecular weight is 758 g/mol. The van der Waals surface area contributed by atoms with Gasteiger partial charge in [0, 0.05) is 37.9 Å². The molecule has 0 aliphatic carbocycles. The third-order valence-electron chi connectivity index (χ3n) is 11.5. The fraction of sp³-hybridized carbons (Fsp3) is 0.0200. The van der Waals surface area contributed by atoms with Crippen molar-refractivity contribution in [1.29, 1.82) is 5.26 Å². The van der Waals surface area contributed by atoms with Crippen molar-refractivity contribution in [3.8, 4) is 28.6 Å². The molecule has 0 radical (unpaired) electrons. The van der Waals surface area contributed by atoms with Crippen molar-refractivity contribution in [2.75, 3.05) is 0 Å². The van der Waals surface area contributed by atoms with E-state index in [0.29, 0.717) is 50.4 Å². The molecule has 274 valence electrons. The monoisotopic (exact) mass is 757 g/mol. The molecule has 12 aromatic rings. The van der Waals surface area contributed by atoms with Crippen LogP contribution in [0.25, 0.3) is 110 Å². The van der Waals surface area contributed by atoms with E-state index < -0.39 is 11.7 Å². The zero-order chi connectivity index (χ0) is 38.9. The minimum Gasteiger partial charge on any atom is -0.456 e. The van der Waals surface area contributed by atoms with E-state index >= 15 is 13.2 Å². The van der Waals surface area contributed by atoms with E-state index in [1.54, 1.807) is 18.2 Å². The summed E-state index contributed by atoms with van der Waals surface area (Å²) in [6.45, 7) is 0. The number of halogens is 3. The van der Waals surface area contributed by atoms with E-state index in [1.165, 1.54) is 12.1 Å². The Morgan fingerprint density at radius 2 is 0.948 bits per heavy atom. The summed E-state index contributed by atoms with van der Waals surface area (Å²) in [5.41, 5.74) is 6.76. The minimum atomic E-state index is -4.73. The number of furan rings is 2. The van der Waals surface area contributed by atoms with E-state index in [9.17, 15) is 5.26 Å². The molecule has 0 amide bonds. The lowest BCUT2D eigenvalue weighted by Crippen LogP contribution is -2.11. The first-order chi connectivity index (χ1) is 28.4. The molecule has 4 aromatic heterocycles. The highest BCUT2D eigenvalue weighted by Crippen LogP contribution is 2.48. The van der Waals surface area contributed by atoms with Gasteiger partial charge in [0.05, 0.1) is 61.4 Å². The van der Waals surface area contributed by atoms with Gasteiger partial charge in [0.15, 0.2) is 0 Å². The molecule has 0 saturated heterocycles. The third-order valence-corrected chi connectivity index (χ3v) is 11.5. The maximum absolute atomic E-state index is 15.7. The molecule has 8 heteroatoms. The van der Waals surface area contributed by atoms with Crippen LogP contribution in [0, 0.1) is 11.3 Å². The zero-order valence-corrected chi connectivity index (χ0v) is 30.3. The van der Waals surface area contributed by atoms with Crippen LogP contribution in [-0.2, 0) is 6.18 Å². The fourth-order valence-electron chi connectivity index (χ4n) is 9.20. The van der Waals surface area contributed by atoms with Crippen LogP contribution >= 0.6 is 0 Å². The highest BCUT2D eigenvalue weighted by atomic mass is 19.4. The molecule has 58 heavy (non-hydrogen) atoms. The molecule has 0 bridgehead atoms. The molecule has 5 nitrogen and oxygen atoms in total. The Bertz CT molecular complexity index is 3550. The Labute approximate surface area is 326 Å². The van der Waals surface area contributed by atoms with Crippen LogP contribution in [0.3, 0.4) is 0 Å². The molecule has 4 heterocycles. The summed E-state index contributed by atoms with van der Waals surface area (Å²) in [5, 5.41) is 17.0. The predicted octanol–water partition coefficient (Wildman–Crippen LogP) is 14.2. The Balaban J connectivity index is 1.36. The molecule has 0 fully saturated rings. The summed E-state index contributed by atoms with van der Waals surface area (Å²) in [5.74, 6) is 0. The van der Waals surface area contributed by atoms with Gasteiger partial charge >= 0.3 is 6.18 Å². The van der Waals surface area contributed by atoms with Crippen molar-refractivity contribution in [3.05, 3.63) is 169 Å². The second-order valence-corrected chi connectivity index (χ2v) is 14.7. The first kappa shape index (κ1) is 32.5. The lowest BCUT2D eigenvalue weighted by Gasteiger charge is -2.23. The zero-order valence-electron chi connectivity index (χ0n) is 30.3. The van der Waals surface area contributed by atoms with Gasteiger partial charge in [-0.1, -0.05) is 84.9 Å². The highest BCUT2D eigenvalue weighted by molar-refractivity contribution is 6.26. The number of nitrogens with zero attached hydrogens (tertiary/aromatic N) is 3. The molecule has 0 atom stereocenters. The second kappa shape index (κ2) is 11.6. The van der Waals surface area contributed by atoms with Gasteiger partial charge in [-0.2, -0.15) is 18.4 Å². The molecule has 8 aromatic carbocycles. The number of aromatic nitrogens is 2. The maximum Gasteiger partial charge on any atom is 0.416 e. The number of alkyl halides is 3. The summed E-state index contributed by atoms with van der Waals surface area (Å²) < 4.78 is 63.7. The Hall–Kier alpha value is -7.76. The number of rotatable bonds is 3. The van der Waals surface area contributed by atoms with Crippen LogP contribution in [0.15, 0.2) is 167 Å². The van der Waals surface area contributed by atoms with Gasteiger partial charge in [-0.05, 0) is 78.4 Å². The van der Waals surface area contributed by atoms with E-state index in [0.717, 1.165) is 65.2 Å². The average Bonchev–Trinajstić information content (AvgIpc) is 4.00. The quantitative estimate of drug-likeness (QED) is 0.180. The molecule has 0 aliphatic heterocycles. The van der Waals surface area contributed by atoms with Crippen LogP contribution in [0.1, 0.15) is 11.1 Å². The van der Waals surface area contributed by atoms with Crippen molar-refractivity contribution in [3.63, 3.8) is 0 Å². The van der Waals surface area contributed by atoms with Crippen molar-refractivity contribution in [2.24, 2.45) is 0 Å². The van der Waals surface area contributed by atoms with Gasteiger partial charge in [-0.25, -0.2) is 0 Å². The highest BCUT2D eigenvalue weighted by Gasteiger charge is 2.35. The van der Waals surface area contributed by atoms with E-state index in [2.05, 4.69) is 6.07 Å². The molecule has 0 unspecified atom stereocenters. The third kappa shape index (κ3) is 4.41. The minimum absolute atomic E-state index is 0.305.